The number of rotatable bonds is 13. The van der Waals surface area contributed by atoms with E-state index in [-0.39, 0.29) is 6.42 Å². The number of unbranched alkanes of at least 4 members (excludes halogenated alkanes) is 9. The predicted octanol–water partition coefficient (Wildman–Crippen LogP) is 2.67. The third-order valence-corrected chi connectivity index (χ3v) is 4.90. The van der Waals surface area contributed by atoms with E-state index in [1.165, 1.54) is 32.1 Å². The largest absolute Gasteiger partial charge is 0.478 e. The van der Waals surface area contributed by atoms with Crippen molar-refractivity contribution in [2.45, 2.75) is 89.3 Å². The van der Waals surface area contributed by atoms with Gasteiger partial charge in [-0.05, 0) is 12.8 Å². The van der Waals surface area contributed by atoms with E-state index in [1.54, 1.807) is 0 Å². The van der Waals surface area contributed by atoms with E-state index in [2.05, 4.69) is 16.5 Å². The maximum Gasteiger partial charge on any atom is 0.353 e. The van der Waals surface area contributed by atoms with Crippen molar-refractivity contribution in [2.75, 3.05) is 0 Å². The molecule has 1 aliphatic heterocycles. The average Bonchev–Trinajstić information content (AvgIpc) is 2.88. The van der Waals surface area contributed by atoms with Gasteiger partial charge in [-0.3, -0.25) is 0 Å². The first kappa shape index (κ1) is 22.4. The van der Waals surface area contributed by atoms with Crippen molar-refractivity contribution >= 4 is 17.9 Å². The lowest BCUT2D eigenvalue weighted by Gasteiger charge is -2.23. The molecule has 8 nitrogen and oxygen atoms in total. The number of aliphatic carboxylic acids is 1. The molecule has 0 aromatic carbocycles. The number of carbonyl (C=O) groups is 3. The number of carbonyl (C=O) groups excluding carboxylic acids is 2. The highest BCUT2D eigenvalue weighted by molar-refractivity contribution is 5.96. The first-order valence-corrected chi connectivity index (χ1v) is 9.40. The number of cyclic esters (lactones) is 1. The van der Waals surface area contributed by atoms with Gasteiger partial charge in [0, 0.05) is 0 Å². The van der Waals surface area contributed by atoms with Gasteiger partial charge in [0.05, 0.1) is 0 Å². The molecule has 0 saturated carbocycles. The molecule has 1 aliphatic rings. The van der Waals surface area contributed by atoms with Crippen LogP contribution in [0.25, 0.3) is 0 Å². The highest BCUT2D eigenvalue weighted by Crippen LogP contribution is 2.37. The van der Waals surface area contributed by atoms with Crippen LogP contribution in [-0.2, 0) is 24.0 Å². The van der Waals surface area contributed by atoms with Gasteiger partial charge in [0.1, 0.15) is 5.92 Å². The number of hydrogen-bond donors (Lipinski definition) is 3. The van der Waals surface area contributed by atoms with Crippen LogP contribution in [0.15, 0.2) is 0 Å². The lowest BCUT2D eigenvalue weighted by atomic mass is 9.82. The Morgan fingerprint density at radius 1 is 1.04 bits per heavy atom. The molecule has 8 heteroatoms. The van der Waals surface area contributed by atoms with Gasteiger partial charge < -0.3 is 19.8 Å². The Morgan fingerprint density at radius 2 is 1.54 bits per heavy atom. The molecule has 0 amide bonds. The van der Waals surface area contributed by atoms with Crippen LogP contribution in [0.3, 0.4) is 0 Å². The predicted molar refractivity (Wildman–Crippen MR) is 91.1 cm³/mol. The molecular weight excluding hydrogens is 344 g/mol. The van der Waals surface area contributed by atoms with Crippen LogP contribution in [0.2, 0.25) is 0 Å². The molecular formula is C18H30O8. The summed E-state index contributed by atoms with van der Waals surface area (Å²) in [5.74, 6) is -5.92. The van der Waals surface area contributed by atoms with Gasteiger partial charge in [0.25, 0.3) is 0 Å². The first-order valence-electron chi connectivity index (χ1n) is 9.40. The molecule has 0 unspecified atom stereocenters. The molecule has 3 N–H and O–H groups in total. The molecule has 26 heavy (non-hydrogen) atoms. The normalized spacial score (nSPS) is 25.1. The maximum absolute atomic E-state index is 11.9. The van der Waals surface area contributed by atoms with Crippen LogP contribution in [0, 0.1) is 5.92 Å². The third-order valence-electron chi connectivity index (χ3n) is 4.90. The zero-order valence-electron chi connectivity index (χ0n) is 15.3. The number of hydrogen-bond acceptors (Lipinski definition) is 7. The molecule has 3 atom stereocenters. The van der Waals surface area contributed by atoms with E-state index in [9.17, 15) is 19.5 Å². The van der Waals surface area contributed by atoms with Gasteiger partial charge in [0.15, 0.2) is 5.60 Å². The second kappa shape index (κ2) is 11.1. The highest BCUT2D eigenvalue weighted by atomic mass is 17.1. The molecule has 0 aromatic rings. The minimum atomic E-state index is -2.29. The van der Waals surface area contributed by atoms with Gasteiger partial charge in [0.2, 0.25) is 6.10 Å². The van der Waals surface area contributed by atoms with Gasteiger partial charge in [-0.2, -0.15) is 5.26 Å². The Balaban J connectivity index is 2.40. The van der Waals surface area contributed by atoms with Gasteiger partial charge in [-0.25, -0.2) is 14.4 Å². The Kier molecular flexibility index (Phi) is 9.58. The fourth-order valence-corrected chi connectivity index (χ4v) is 3.37. The van der Waals surface area contributed by atoms with Gasteiger partial charge >= 0.3 is 17.9 Å². The SMILES string of the molecule is CCCCCCCCCCCC[C@@]1(O)C(=O)O[C@@H](C(=O)O)[C@H]1C(=O)OO. The number of carboxylic acids is 1. The Bertz CT molecular complexity index is 478. The zero-order chi connectivity index (χ0) is 19.6. The second-order valence-electron chi connectivity index (χ2n) is 6.91. The van der Waals surface area contributed by atoms with E-state index in [0.29, 0.717) is 6.42 Å². The fourth-order valence-electron chi connectivity index (χ4n) is 3.37. The van der Waals surface area contributed by atoms with E-state index in [0.717, 1.165) is 25.7 Å². The van der Waals surface area contributed by atoms with Crippen molar-refractivity contribution < 1.29 is 39.5 Å². The summed E-state index contributed by atoms with van der Waals surface area (Å²) in [6.07, 6.45) is 8.48. The summed E-state index contributed by atoms with van der Waals surface area (Å²) in [6, 6.07) is 0. The van der Waals surface area contributed by atoms with Crippen molar-refractivity contribution in [3.05, 3.63) is 0 Å². The number of ether oxygens (including phenoxy) is 1. The summed E-state index contributed by atoms with van der Waals surface area (Å²) in [5, 5.41) is 28.1. The number of aliphatic hydroxyl groups is 1. The van der Waals surface area contributed by atoms with Crippen molar-refractivity contribution in [3.63, 3.8) is 0 Å². The van der Waals surface area contributed by atoms with E-state index in [1.807, 2.05) is 0 Å². The smallest absolute Gasteiger partial charge is 0.353 e. The van der Waals surface area contributed by atoms with Crippen LogP contribution in [0.4, 0.5) is 0 Å². The Hall–Kier alpha value is -1.67. The van der Waals surface area contributed by atoms with Gasteiger partial charge in [-0.15, -0.1) is 0 Å². The van der Waals surface area contributed by atoms with Gasteiger partial charge in [-0.1, -0.05) is 64.7 Å². The van der Waals surface area contributed by atoms with Crippen LogP contribution >= 0.6 is 0 Å². The first-order chi connectivity index (χ1) is 12.4. The number of esters is 1. The minimum Gasteiger partial charge on any atom is -0.478 e. The van der Waals surface area contributed by atoms with Crippen LogP contribution in [0.5, 0.6) is 0 Å². The van der Waals surface area contributed by atoms with E-state index >= 15 is 0 Å². The lowest BCUT2D eigenvalue weighted by Crippen LogP contribution is -2.48. The fraction of sp³-hybridized carbons (Fsp3) is 0.833. The summed E-state index contributed by atoms with van der Waals surface area (Å²) in [6.45, 7) is 2.18. The summed E-state index contributed by atoms with van der Waals surface area (Å²) in [5.41, 5.74) is -2.29. The van der Waals surface area contributed by atoms with E-state index < -0.39 is 35.5 Å². The monoisotopic (exact) mass is 374 g/mol. The molecule has 0 bridgehead atoms. The van der Waals surface area contributed by atoms with Crippen molar-refractivity contribution in [1.29, 1.82) is 0 Å². The molecule has 150 valence electrons. The minimum absolute atomic E-state index is 0.119. The quantitative estimate of drug-likeness (QED) is 0.194. The topological polar surface area (TPSA) is 130 Å². The lowest BCUT2D eigenvalue weighted by molar-refractivity contribution is -0.245. The zero-order valence-corrected chi connectivity index (χ0v) is 15.3. The molecule has 0 aromatic heterocycles. The summed E-state index contributed by atoms with van der Waals surface area (Å²) >= 11 is 0. The molecule has 1 rings (SSSR count). The van der Waals surface area contributed by atoms with Crippen molar-refractivity contribution in [3.8, 4) is 0 Å². The maximum atomic E-state index is 11.9. The molecule has 1 saturated heterocycles. The molecule has 1 fully saturated rings. The van der Waals surface area contributed by atoms with Crippen LogP contribution in [-0.4, -0.2) is 45.1 Å². The third kappa shape index (κ3) is 5.95. The molecule has 0 spiro atoms. The number of carboxylic acid groups (broad SMARTS) is 1. The summed E-state index contributed by atoms with van der Waals surface area (Å²) in [7, 11) is 0. The average molecular weight is 374 g/mol. The molecule has 0 radical (unpaired) electrons. The van der Waals surface area contributed by atoms with Crippen LogP contribution in [0.1, 0.15) is 77.6 Å². The van der Waals surface area contributed by atoms with Crippen LogP contribution < -0.4 is 0 Å². The van der Waals surface area contributed by atoms with Crippen molar-refractivity contribution in [1.82, 2.24) is 0 Å². The van der Waals surface area contributed by atoms with E-state index in [4.69, 9.17) is 10.4 Å². The Morgan fingerprint density at radius 3 is 2.00 bits per heavy atom. The molecule has 1 heterocycles. The second-order valence-corrected chi connectivity index (χ2v) is 6.91. The Labute approximate surface area is 153 Å². The summed E-state index contributed by atoms with van der Waals surface area (Å²) in [4.78, 5) is 38.2. The van der Waals surface area contributed by atoms with Crippen molar-refractivity contribution in [2.24, 2.45) is 5.92 Å². The molecule has 0 aliphatic carbocycles. The summed E-state index contributed by atoms with van der Waals surface area (Å²) < 4.78 is 4.62. The highest BCUT2D eigenvalue weighted by Gasteiger charge is 2.63. The standard InChI is InChI=1S/C18H30O8/c1-2-3-4-5-6-7-8-9-10-11-12-18(23)13(16(21)26-24)14(15(19)20)25-17(18)22/h13-14,23-24H,2-12H2,1H3,(H,19,20)/t13-,14+,18-/m0/s1.